The molecule has 5 heteroatoms. The molecule has 0 saturated carbocycles. The van der Waals surface area contributed by atoms with Gasteiger partial charge in [0.1, 0.15) is 9.84 Å². The third kappa shape index (κ3) is 6.09. The summed E-state index contributed by atoms with van der Waals surface area (Å²) in [6, 6.07) is 9.44. The van der Waals surface area contributed by atoms with Crippen LogP contribution in [0.3, 0.4) is 0 Å². The van der Waals surface area contributed by atoms with E-state index >= 15 is 0 Å². The summed E-state index contributed by atoms with van der Waals surface area (Å²) in [7, 11) is -2.88. The molecule has 0 atom stereocenters. The highest BCUT2D eigenvalue weighted by Crippen LogP contribution is 2.04. The zero-order valence-electron chi connectivity index (χ0n) is 8.64. The number of rotatable bonds is 6. The second-order valence-electron chi connectivity index (χ2n) is 3.30. The molecule has 0 aromatic heterocycles. The Hall–Kier alpha value is -1.07. The number of benzene rings is 1. The van der Waals surface area contributed by atoms with Crippen LogP contribution in [-0.4, -0.2) is 27.0 Å². The average Bonchev–Trinajstić information content (AvgIpc) is 2.17. The second-order valence-corrected chi connectivity index (χ2v) is 5.56. The zero-order valence-corrected chi connectivity index (χ0v) is 9.46. The van der Waals surface area contributed by atoms with E-state index in [1.54, 1.807) is 0 Å². The lowest BCUT2D eigenvalue weighted by Gasteiger charge is -2.05. The van der Waals surface area contributed by atoms with Crippen LogP contribution >= 0.6 is 0 Å². The van der Waals surface area contributed by atoms with E-state index < -0.39 is 9.84 Å². The van der Waals surface area contributed by atoms with Crippen molar-refractivity contribution in [2.24, 2.45) is 0 Å². The molecule has 0 fully saturated rings. The summed E-state index contributed by atoms with van der Waals surface area (Å²) in [5, 5.41) is 0. The first-order valence-corrected chi connectivity index (χ1v) is 6.74. The van der Waals surface area contributed by atoms with Crippen LogP contribution in [0.1, 0.15) is 6.42 Å². The fraction of sp³-hybridized carbons (Fsp3) is 0.400. The molecule has 84 valence electrons. The normalized spacial score (nSPS) is 11.3. The van der Waals surface area contributed by atoms with Crippen LogP contribution in [0.2, 0.25) is 0 Å². The minimum atomic E-state index is -2.88. The molecule has 0 amide bonds. The van der Waals surface area contributed by atoms with Crippen LogP contribution in [0.5, 0.6) is 0 Å². The van der Waals surface area contributed by atoms with Crippen LogP contribution < -0.4 is 5.48 Å². The number of hydrogen-bond acceptors (Lipinski definition) is 4. The lowest BCUT2D eigenvalue weighted by Crippen LogP contribution is -2.09. The van der Waals surface area contributed by atoms with Gasteiger partial charge in [0.25, 0.3) is 0 Å². The topological polar surface area (TPSA) is 55.4 Å². The quantitative estimate of drug-likeness (QED) is 0.593. The second kappa shape index (κ2) is 5.72. The minimum absolute atomic E-state index is 0.156. The standard InChI is InChI=1S/C10H15NO3S/c1-15(12,13)9-5-8-14-11-10-6-3-2-4-7-10/h2-4,6-7,11H,5,8-9H2,1H3. The molecule has 0 bridgehead atoms. The first kappa shape index (κ1) is 12.0. The monoisotopic (exact) mass is 229 g/mol. The van der Waals surface area contributed by atoms with Crippen LogP contribution in [0, 0.1) is 0 Å². The Bertz CT molecular complexity index is 375. The third-order valence-electron chi connectivity index (χ3n) is 1.73. The van der Waals surface area contributed by atoms with E-state index in [0.29, 0.717) is 13.0 Å². The lowest BCUT2D eigenvalue weighted by atomic mass is 10.3. The van der Waals surface area contributed by atoms with E-state index in [2.05, 4.69) is 5.48 Å². The van der Waals surface area contributed by atoms with Crippen molar-refractivity contribution < 1.29 is 13.3 Å². The first-order valence-electron chi connectivity index (χ1n) is 4.68. The number of hydrogen-bond donors (Lipinski definition) is 1. The van der Waals surface area contributed by atoms with Crippen molar-refractivity contribution in [3.05, 3.63) is 30.3 Å². The molecule has 1 aromatic rings. The molecule has 0 aliphatic rings. The van der Waals surface area contributed by atoms with Gasteiger partial charge in [-0.05, 0) is 18.6 Å². The van der Waals surface area contributed by atoms with Crippen molar-refractivity contribution in [3.63, 3.8) is 0 Å². The maximum atomic E-state index is 10.8. The predicted molar refractivity (Wildman–Crippen MR) is 60.3 cm³/mol. The zero-order chi connectivity index (χ0) is 11.1. The van der Waals surface area contributed by atoms with Gasteiger partial charge in [-0.2, -0.15) is 0 Å². The van der Waals surface area contributed by atoms with Gasteiger partial charge in [0, 0.05) is 6.26 Å². The van der Waals surface area contributed by atoms with Gasteiger partial charge in [-0.25, -0.2) is 8.42 Å². The van der Waals surface area contributed by atoms with Crippen LogP contribution in [-0.2, 0) is 14.7 Å². The molecule has 1 aromatic carbocycles. The van der Waals surface area contributed by atoms with E-state index in [9.17, 15) is 8.42 Å². The predicted octanol–water partition coefficient (Wildman–Crippen LogP) is 1.46. The van der Waals surface area contributed by atoms with Gasteiger partial charge in [0.05, 0.1) is 18.0 Å². The van der Waals surface area contributed by atoms with Gasteiger partial charge in [0.2, 0.25) is 0 Å². The van der Waals surface area contributed by atoms with Gasteiger partial charge < -0.3 is 0 Å². The summed E-state index contributed by atoms with van der Waals surface area (Å²) in [6.07, 6.45) is 1.72. The molecule has 1 rings (SSSR count). The molecule has 1 N–H and O–H groups in total. The van der Waals surface area contributed by atoms with Crippen molar-refractivity contribution >= 4 is 15.5 Å². The number of nitrogens with one attached hydrogen (secondary N) is 1. The molecule has 4 nitrogen and oxygen atoms in total. The first-order chi connectivity index (χ1) is 7.08. The minimum Gasteiger partial charge on any atom is -0.276 e. The van der Waals surface area contributed by atoms with Crippen LogP contribution in [0.4, 0.5) is 5.69 Å². The van der Waals surface area contributed by atoms with Crippen molar-refractivity contribution in [2.45, 2.75) is 6.42 Å². The van der Waals surface area contributed by atoms with E-state index in [1.165, 1.54) is 6.26 Å². The highest BCUT2D eigenvalue weighted by molar-refractivity contribution is 7.90. The fourth-order valence-corrected chi connectivity index (χ4v) is 1.68. The average molecular weight is 229 g/mol. The summed E-state index contributed by atoms with van der Waals surface area (Å²) in [5.74, 6) is 0.156. The van der Waals surface area contributed by atoms with Crippen molar-refractivity contribution in [1.29, 1.82) is 0 Å². The molecule has 0 spiro atoms. The summed E-state index contributed by atoms with van der Waals surface area (Å²) in [5.41, 5.74) is 3.59. The number of para-hydroxylation sites is 1. The molecule has 0 radical (unpaired) electrons. The molecule has 0 aliphatic carbocycles. The summed E-state index contributed by atoms with van der Waals surface area (Å²) >= 11 is 0. The van der Waals surface area contributed by atoms with Crippen LogP contribution in [0.25, 0.3) is 0 Å². The Labute approximate surface area is 90.1 Å². The molecule has 0 saturated heterocycles. The Morgan fingerprint density at radius 1 is 1.27 bits per heavy atom. The van der Waals surface area contributed by atoms with Gasteiger partial charge in [0.15, 0.2) is 0 Å². The Morgan fingerprint density at radius 2 is 1.93 bits per heavy atom. The highest BCUT2D eigenvalue weighted by Gasteiger charge is 2.00. The molecule has 15 heavy (non-hydrogen) atoms. The molecule has 0 heterocycles. The largest absolute Gasteiger partial charge is 0.276 e. The number of sulfone groups is 1. The van der Waals surface area contributed by atoms with Gasteiger partial charge in [-0.1, -0.05) is 18.2 Å². The summed E-state index contributed by atoms with van der Waals surface area (Å²) in [4.78, 5) is 5.10. The van der Waals surface area contributed by atoms with Crippen molar-refractivity contribution in [2.75, 3.05) is 24.1 Å². The maximum Gasteiger partial charge on any atom is 0.147 e. The van der Waals surface area contributed by atoms with Gasteiger partial charge in [-0.3, -0.25) is 10.3 Å². The SMILES string of the molecule is CS(=O)(=O)CCCONc1ccccc1. The Balaban J connectivity index is 2.13. The van der Waals surface area contributed by atoms with Gasteiger partial charge >= 0.3 is 0 Å². The van der Waals surface area contributed by atoms with E-state index in [4.69, 9.17) is 4.84 Å². The fourth-order valence-electron chi connectivity index (χ4n) is 1.03. The van der Waals surface area contributed by atoms with E-state index in [0.717, 1.165) is 5.69 Å². The molecule has 0 aliphatic heterocycles. The Kier molecular flexibility index (Phi) is 4.58. The van der Waals surface area contributed by atoms with Crippen LogP contribution in [0.15, 0.2) is 30.3 Å². The summed E-state index contributed by atoms with van der Waals surface area (Å²) in [6.45, 7) is 0.377. The highest BCUT2D eigenvalue weighted by atomic mass is 32.2. The van der Waals surface area contributed by atoms with Gasteiger partial charge in [-0.15, -0.1) is 0 Å². The Morgan fingerprint density at radius 3 is 2.53 bits per heavy atom. The van der Waals surface area contributed by atoms with E-state index in [1.807, 2.05) is 30.3 Å². The summed E-state index contributed by atoms with van der Waals surface area (Å²) < 4.78 is 21.6. The smallest absolute Gasteiger partial charge is 0.147 e. The maximum absolute atomic E-state index is 10.8. The van der Waals surface area contributed by atoms with Crippen molar-refractivity contribution in [1.82, 2.24) is 0 Å². The molecular formula is C10H15NO3S. The molecule has 0 unspecified atom stereocenters. The van der Waals surface area contributed by atoms with Crippen molar-refractivity contribution in [3.8, 4) is 0 Å². The lowest BCUT2D eigenvalue weighted by molar-refractivity contribution is 0.195. The van der Waals surface area contributed by atoms with E-state index in [-0.39, 0.29) is 5.75 Å². The number of anilines is 1. The molecular weight excluding hydrogens is 214 g/mol. The third-order valence-corrected chi connectivity index (χ3v) is 2.76.